The van der Waals surface area contributed by atoms with Crippen molar-refractivity contribution in [2.75, 3.05) is 0 Å². The summed E-state index contributed by atoms with van der Waals surface area (Å²) in [5.41, 5.74) is 1.76. The second-order valence-corrected chi connectivity index (χ2v) is 7.27. The van der Waals surface area contributed by atoms with Crippen LogP contribution in [0, 0.1) is 22.7 Å². The number of hydrogen-bond acceptors (Lipinski definition) is 1. The SMILES string of the molecule is C=C1CCC2C(C)(C)CCCC2(C)C1/C=C/C(=O)O. The highest BCUT2D eigenvalue weighted by Gasteiger charge is 2.52. The molecule has 0 aliphatic heterocycles. The lowest BCUT2D eigenvalue weighted by Crippen LogP contribution is -2.48. The Hall–Kier alpha value is -1.05. The predicted octanol–water partition coefficient (Wildman–Crippen LogP) is 4.43. The van der Waals surface area contributed by atoms with E-state index in [-0.39, 0.29) is 11.3 Å². The fourth-order valence-corrected chi connectivity index (χ4v) is 4.74. The predicted molar refractivity (Wildman–Crippen MR) is 77.9 cm³/mol. The minimum atomic E-state index is -0.853. The highest BCUT2D eigenvalue weighted by Crippen LogP contribution is 2.61. The van der Waals surface area contributed by atoms with Crippen molar-refractivity contribution in [3.05, 3.63) is 24.3 Å². The van der Waals surface area contributed by atoms with Gasteiger partial charge >= 0.3 is 5.97 Å². The number of rotatable bonds is 2. The average Bonchev–Trinajstić information content (AvgIpc) is 2.26. The molecule has 0 aromatic heterocycles. The molecule has 2 aliphatic carbocycles. The molecule has 0 spiro atoms. The molecular weight excluding hydrogens is 236 g/mol. The zero-order valence-corrected chi connectivity index (χ0v) is 12.4. The monoisotopic (exact) mass is 262 g/mol. The van der Waals surface area contributed by atoms with E-state index >= 15 is 0 Å². The van der Waals surface area contributed by atoms with E-state index in [0.29, 0.717) is 11.3 Å². The van der Waals surface area contributed by atoms with Gasteiger partial charge in [0, 0.05) is 12.0 Å². The largest absolute Gasteiger partial charge is 0.478 e. The van der Waals surface area contributed by atoms with Gasteiger partial charge in [0.15, 0.2) is 0 Å². The van der Waals surface area contributed by atoms with E-state index in [1.54, 1.807) is 0 Å². The fourth-order valence-electron chi connectivity index (χ4n) is 4.74. The molecule has 2 rings (SSSR count). The van der Waals surface area contributed by atoms with E-state index in [1.807, 2.05) is 6.08 Å². The number of aliphatic carboxylic acids is 1. The van der Waals surface area contributed by atoms with Gasteiger partial charge in [0.1, 0.15) is 0 Å². The van der Waals surface area contributed by atoms with Crippen LogP contribution in [0.2, 0.25) is 0 Å². The third-order valence-electron chi connectivity index (χ3n) is 5.61. The van der Waals surface area contributed by atoms with Gasteiger partial charge in [-0.1, -0.05) is 45.4 Å². The van der Waals surface area contributed by atoms with Crippen LogP contribution in [0.3, 0.4) is 0 Å². The fraction of sp³-hybridized carbons (Fsp3) is 0.706. The Morgan fingerprint density at radius 2 is 2.05 bits per heavy atom. The van der Waals surface area contributed by atoms with E-state index in [0.717, 1.165) is 6.42 Å². The molecule has 0 aromatic rings. The Morgan fingerprint density at radius 3 is 2.68 bits per heavy atom. The van der Waals surface area contributed by atoms with Gasteiger partial charge in [-0.25, -0.2) is 4.79 Å². The van der Waals surface area contributed by atoms with Crippen LogP contribution in [0.4, 0.5) is 0 Å². The zero-order chi connectivity index (χ0) is 14.3. The van der Waals surface area contributed by atoms with Crippen molar-refractivity contribution < 1.29 is 9.90 Å². The summed E-state index contributed by atoms with van der Waals surface area (Å²) in [7, 11) is 0. The molecule has 0 bridgehead atoms. The lowest BCUT2D eigenvalue weighted by molar-refractivity contribution is -0.131. The maximum atomic E-state index is 10.8. The van der Waals surface area contributed by atoms with Crippen LogP contribution < -0.4 is 0 Å². The first-order valence-electron chi connectivity index (χ1n) is 7.36. The summed E-state index contributed by atoms with van der Waals surface area (Å²) in [4.78, 5) is 10.8. The van der Waals surface area contributed by atoms with Crippen molar-refractivity contribution in [1.29, 1.82) is 0 Å². The van der Waals surface area contributed by atoms with E-state index in [9.17, 15) is 4.79 Å². The number of carboxylic acids is 1. The average molecular weight is 262 g/mol. The highest BCUT2D eigenvalue weighted by molar-refractivity contribution is 5.79. The van der Waals surface area contributed by atoms with Gasteiger partial charge in [0.05, 0.1) is 0 Å². The van der Waals surface area contributed by atoms with Gasteiger partial charge in [-0.2, -0.15) is 0 Å². The first-order valence-corrected chi connectivity index (χ1v) is 7.36. The molecule has 0 saturated heterocycles. The molecule has 2 heteroatoms. The Bertz CT molecular complexity index is 419. The molecule has 2 aliphatic rings. The third kappa shape index (κ3) is 2.50. The minimum absolute atomic E-state index is 0.184. The van der Waals surface area contributed by atoms with Crippen molar-refractivity contribution in [1.82, 2.24) is 0 Å². The van der Waals surface area contributed by atoms with Gasteiger partial charge < -0.3 is 5.11 Å². The number of fused-ring (bicyclic) bond motifs is 1. The molecule has 0 radical (unpaired) electrons. The molecule has 0 amide bonds. The molecular formula is C17H26O2. The second-order valence-electron chi connectivity index (χ2n) is 7.27. The lowest BCUT2D eigenvalue weighted by atomic mass is 9.47. The standard InChI is InChI=1S/C17H26O2/c1-12-6-8-14-16(2,3)10-5-11-17(14,4)13(12)7-9-15(18)19/h7,9,13-14H,1,5-6,8,10-11H2,2-4H3,(H,18,19)/b9-7+. The summed E-state index contributed by atoms with van der Waals surface area (Å²) in [5, 5.41) is 8.90. The third-order valence-corrected chi connectivity index (χ3v) is 5.61. The van der Waals surface area contributed by atoms with Gasteiger partial charge in [-0.3, -0.25) is 0 Å². The summed E-state index contributed by atoms with van der Waals surface area (Å²) in [6.07, 6.45) is 9.16. The zero-order valence-electron chi connectivity index (χ0n) is 12.4. The first-order chi connectivity index (χ1) is 8.77. The van der Waals surface area contributed by atoms with E-state index < -0.39 is 5.97 Å². The van der Waals surface area contributed by atoms with Crippen molar-refractivity contribution in [2.45, 2.75) is 52.9 Å². The van der Waals surface area contributed by atoms with Crippen LogP contribution >= 0.6 is 0 Å². The van der Waals surface area contributed by atoms with Crippen molar-refractivity contribution in [3.8, 4) is 0 Å². The van der Waals surface area contributed by atoms with Crippen LogP contribution in [0.1, 0.15) is 52.9 Å². The number of hydrogen-bond donors (Lipinski definition) is 1. The maximum absolute atomic E-state index is 10.8. The molecule has 3 atom stereocenters. The topological polar surface area (TPSA) is 37.3 Å². The number of carbonyl (C=O) groups is 1. The summed E-state index contributed by atoms with van der Waals surface area (Å²) in [5.74, 6) is 0.0400. The summed E-state index contributed by atoms with van der Waals surface area (Å²) >= 11 is 0. The smallest absolute Gasteiger partial charge is 0.327 e. The normalized spacial score (nSPS) is 38.2. The molecule has 2 fully saturated rings. The lowest BCUT2D eigenvalue weighted by Gasteiger charge is -2.57. The summed E-state index contributed by atoms with van der Waals surface area (Å²) in [6.45, 7) is 11.3. The van der Waals surface area contributed by atoms with Crippen molar-refractivity contribution >= 4 is 5.97 Å². The van der Waals surface area contributed by atoms with Crippen LogP contribution in [-0.2, 0) is 4.79 Å². The number of allylic oxidation sites excluding steroid dienone is 2. The minimum Gasteiger partial charge on any atom is -0.478 e. The summed E-state index contributed by atoms with van der Waals surface area (Å²) in [6, 6.07) is 0. The summed E-state index contributed by atoms with van der Waals surface area (Å²) < 4.78 is 0. The molecule has 1 N–H and O–H groups in total. The van der Waals surface area contributed by atoms with Crippen LogP contribution in [0.5, 0.6) is 0 Å². The Morgan fingerprint density at radius 1 is 1.37 bits per heavy atom. The van der Waals surface area contributed by atoms with Gasteiger partial charge in [0.25, 0.3) is 0 Å². The Balaban J connectivity index is 2.35. The number of carboxylic acid groups (broad SMARTS) is 1. The van der Waals surface area contributed by atoms with E-state index in [1.165, 1.54) is 37.3 Å². The molecule has 2 nitrogen and oxygen atoms in total. The van der Waals surface area contributed by atoms with Crippen LogP contribution in [-0.4, -0.2) is 11.1 Å². The Kier molecular flexibility index (Phi) is 3.63. The maximum Gasteiger partial charge on any atom is 0.327 e. The quantitative estimate of drug-likeness (QED) is 0.590. The van der Waals surface area contributed by atoms with E-state index in [2.05, 4.69) is 27.4 Å². The molecule has 2 saturated carbocycles. The van der Waals surface area contributed by atoms with Crippen molar-refractivity contribution in [2.24, 2.45) is 22.7 Å². The van der Waals surface area contributed by atoms with Crippen LogP contribution in [0.15, 0.2) is 24.3 Å². The van der Waals surface area contributed by atoms with Gasteiger partial charge in [-0.15, -0.1) is 0 Å². The molecule has 0 heterocycles. The van der Waals surface area contributed by atoms with Crippen molar-refractivity contribution in [3.63, 3.8) is 0 Å². The second kappa shape index (κ2) is 4.81. The van der Waals surface area contributed by atoms with Gasteiger partial charge in [0.2, 0.25) is 0 Å². The molecule has 19 heavy (non-hydrogen) atoms. The first kappa shape index (κ1) is 14.4. The highest BCUT2D eigenvalue weighted by atomic mass is 16.4. The molecule has 3 unspecified atom stereocenters. The molecule has 0 aromatic carbocycles. The Labute approximate surface area is 116 Å². The van der Waals surface area contributed by atoms with Crippen LogP contribution in [0.25, 0.3) is 0 Å². The van der Waals surface area contributed by atoms with Gasteiger partial charge in [-0.05, 0) is 42.4 Å². The van der Waals surface area contributed by atoms with E-state index in [4.69, 9.17) is 5.11 Å². The molecule has 106 valence electrons.